The van der Waals surface area contributed by atoms with Gasteiger partial charge in [0.2, 0.25) is 0 Å². The van der Waals surface area contributed by atoms with Gasteiger partial charge in [-0.05, 0) is 22.7 Å². The Bertz CT molecular complexity index is 497. The molecule has 0 saturated heterocycles. The van der Waals surface area contributed by atoms with Crippen LogP contribution in [0.3, 0.4) is 0 Å². The molecule has 1 aromatic carbocycles. The van der Waals surface area contributed by atoms with Crippen LogP contribution in [-0.2, 0) is 9.53 Å². The van der Waals surface area contributed by atoms with Gasteiger partial charge in [0.25, 0.3) is 0 Å². The molecule has 5 nitrogen and oxygen atoms in total. The standard InChI is InChI=1S/C13H13N3O2/c1-18-13(17)9-8-12-6-4-11(5-7-12)3-2-10-15-16-14/h2-9H,10H2,1H3/b3-2?,9-8+. The third kappa shape index (κ3) is 5.01. The minimum absolute atomic E-state index is 0.334. The van der Waals surface area contributed by atoms with Crippen molar-refractivity contribution in [2.75, 3.05) is 13.7 Å². The van der Waals surface area contributed by atoms with E-state index in [0.717, 1.165) is 11.1 Å². The van der Waals surface area contributed by atoms with Crippen molar-refractivity contribution in [3.63, 3.8) is 0 Å². The first-order valence-corrected chi connectivity index (χ1v) is 5.30. The van der Waals surface area contributed by atoms with Crippen LogP contribution in [0.4, 0.5) is 0 Å². The molecule has 18 heavy (non-hydrogen) atoms. The molecule has 1 aromatic rings. The Morgan fingerprint density at radius 1 is 1.33 bits per heavy atom. The summed E-state index contributed by atoms with van der Waals surface area (Å²) in [4.78, 5) is 13.5. The summed E-state index contributed by atoms with van der Waals surface area (Å²) in [7, 11) is 1.34. The van der Waals surface area contributed by atoms with Gasteiger partial charge in [-0.1, -0.05) is 41.5 Å². The fourth-order valence-electron chi connectivity index (χ4n) is 1.22. The number of methoxy groups -OCH3 is 1. The van der Waals surface area contributed by atoms with Crippen LogP contribution in [0.15, 0.2) is 41.5 Å². The Morgan fingerprint density at radius 2 is 1.94 bits per heavy atom. The van der Waals surface area contributed by atoms with Crippen LogP contribution in [0.1, 0.15) is 11.1 Å². The van der Waals surface area contributed by atoms with E-state index in [4.69, 9.17) is 5.53 Å². The Morgan fingerprint density at radius 3 is 2.50 bits per heavy atom. The van der Waals surface area contributed by atoms with Gasteiger partial charge in [0.05, 0.1) is 7.11 Å². The maximum Gasteiger partial charge on any atom is 0.330 e. The second-order valence-corrected chi connectivity index (χ2v) is 3.34. The van der Waals surface area contributed by atoms with Crippen molar-refractivity contribution in [2.45, 2.75) is 0 Å². The van der Waals surface area contributed by atoms with Gasteiger partial charge >= 0.3 is 5.97 Å². The van der Waals surface area contributed by atoms with Gasteiger partial charge in [0.1, 0.15) is 0 Å². The molecule has 92 valence electrons. The number of rotatable bonds is 5. The highest BCUT2D eigenvalue weighted by Gasteiger charge is 1.92. The number of carbonyl (C=O) groups is 1. The lowest BCUT2D eigenvalue weighted by molar-refractivity contribution is -0.134. The van der Waals surface area contributed by atoms with E-state index in [9.17, 15) is 4.79 Å². The van der Waals surface area contributed by atoms with Gasteiger partial charge < -0.3 is 4.74 Å². The summed E-state index contributed by atoms with van der Waals surface area (Å²) in [6.07, 6.45) is 6.69. The number of azide groups is 1. The number of ether oxygens (including phenoxy) is 1. The smallest absolute Gasteiger partial charge is 0.330 e. The molecule has 0 aliphatic rings. The maximum atomic E-state index is 10.9. The minimum Gasteiger partial charge on any atom is -0.466 e. The molecule has 0 aromatic heterocycles. The molecule has 0 spiro atoms. The van der Waals surface area contributed by atoms with Crippen LogP contribution < -0.4 is 0 Å². The zero-order valence-electron chi connectivity index (χ0n) is 9.98. The molecule has 0 unspecified atom stereocenters. The maximum absolute atomic E-state index is 10.9. The lowest BCUT2D eigenvalue weighted by Crippen LogP contribution is -1.93. The minimum atomic E-state index is -0.381. The van der Waals surface area contributed by atoms with E-state index in [1.165, 1.54) is 13.2 Å². The van der Waals surface area contributed by atoms with Crippen molar-refractivity contribution in [3.05, 3.63) is 58.0 Å². The molecule has 0 saturated carbocycles. The van der Waals surface area contributed by atoms with Crippen molar-refractivity contribution in [3.8, 4) is 0 Å². The van der Waals surface area contributed by atoms with Crippen molar-refractivity contribution >= 4 is 18.1 Å². The molecule has 0 heterocycles. The lowest BCUT2D eigenvalue weighted by Gasteiger charge is -1.95. The molecule has 0 N–H and O–H groups in total. The predicted octanol–water partition coefficient (Wildman–Crippen LogP) is 3.20. The topological polar surface area (TPSA) is 75.1 Å². The van der Waals surface area contributed by atoms with E-state index in [2.05, 4.69) is 14.8 Å². The van der Waals surface area contributed by atoms with Gasteiger partial charge in [0, 0.05) is 17.5 Å². The number of hydrogen-bond donors (Lipinski definition) is 0. The first-order chi connectivity index (χ1) is 8.76. The molecule has 0 fully saturated rings. The number of nitrogens with zero attached hydrogens (tertiary/aromatic N) is 3. The second kappa shape index (κ2) is 7.70. The largest absolute Gasteiger partial charge is 0.466 e. The molecule has 0 amide bonds. The summed E-state index contributed by atoms with van der Waals surface area (Å²) >= 11 is 0. The summed E-state index contributed by atoms with van der Waals surface area (Å²) < 4.78 is 4.50. The number of carbonyl (C=O) groups excluding carboxylic acids is 1. The number of hydrogen-bond acceptors (Lipinski definition) is 3. The van der Waals surface area contributed by atoms with Crippen LogP contribution in [0.25, 0.3) is 22.6 Å². The fraction of sp³-hybridized carbons (Fsp3) is 0.154. The van der Waals surface area contributed by atoms with Crippen molar-refractivity contribution in [2.24, 2.45) is 5.11 Å². The molecule has 1 rings (SSSR count). The third-order valence-corrected chi connectivity index (χ3v) is 2.11. The predicted molar refractivity (Wildman–Crippen MR) is 70.5 cm³/mol. The molecule has 0 aliphatic heterocycles. The van der Waals surface area contributed by atoms with Gasteiger partial charge in [-0.25, -0.2) is 4.79 Å². The fourth-order valence-corrected chi connectivity index (χ4v) is 1.22. The Hall–Kier alpha value is -2.52. The van der Waals surface area contributed by atoms with Crippen LogP contribution >= 0.6 is 0 Å². The first kappa shape index (κ1) is 13.5. The zero-order chi connectivity index (χ0) is 13.2. The van der Waals surface area contributed by atoms with Crippen LogP contribution in [0, 0.1) is 0 Å². The Kier molecular flexibility index (Phi) is 5.80. The molecule has 0 aliphatic carbocycles. The highest BCUT2D eigenvalue weighted by molar-refractivity contribution is 5.86. The van der Waals surface area contributed by atoms with E-state index in [0.29, 0.717) is 6.54 Å². The molecule has 0 atom stereocenters. The Balaban J connectivity index is 2.62. The van der Waals surface area contributed by atoms with Crippen LogP contribution in [-0.4, -0.2) is 19.6 Å². The average molecular weight is 243 g/mol. The first-order valence-electron chi connectivity index (χ1n) is 5.30. The number of benzene rings is 1. The van der Waals surface area contributed by atoms with Crippen molar-refractivity contribution in [1.29, 1.82) is 0 Å². The average Bonchev–Trinajstić information content (AvgIpc) is 2.42. The highest BCUT2D eigenvalue weighted by atomic mass is 16.5. The van der Waals surface area contributed by atoms with Crippen molar-refractivity contribution < 1.29 is 9.53 Å². The summed E-state index contributed by atoms with van der Waals surface area (Å²) in [5, 5.41) is 3.39. The van der Waals surface area contributed by atoms with Gasteiger partial charge in [-0.15, -0.1) is 0 Å². The quantitative estimate of drug-likeness (QED) is 0.262. The van der Waals surface area contributed by atoms with E-state index >= 15 is 0 Å². The van der Waals surface area contributed by atoms with Gasteiger partial charge in [-0.3, -0.25) is 0 Å². The summed E-state index contributed by atoms with van der Waals surface area (Å²) in [5.74, 6) is -0.381. The summed E-state index contributed by atoms with van der Waals surface area (Å²) in [6, 6.07) is 7.58. The molecule has 0 radical (unpaired) electrons. The number of esters is 1. The lowest BCUT2D eigenvalue weighted by atomic mass is 10.1. The summed E-state index contributed by atoms with van der Waals surface area (Å²) in [5.41, 5.74) is 10.0. The van der Waals surface area contributed by atoms with E-state index in [1.807, 2.05) is 30.3 Å². The second-order valence-electron chi connectivity index (χ2n) is 3.34. The zero-order valence-corrected chi connectivity index (χ0v) is 9.98. The van der Waals surface area contributed by atoms with Gasteiger partial charge in [-0.2, -0.15) is 0 Å². The van der Waals surface area contributed by atoms with E-state index in [-0.39, 0.29) is 5.97 Å². The van der Waals surface area contributed by atoms with E-state index < -0.39 is 0 Å². The molecular formula is C13H13N3O2. The highest BCUT2D eigenvalue weighted by Crippen LogP contribution is 2.08. The third-order valence-electron chi connectivity index (χ3n) is 2.11. The summed E-state index contributed by atoms with van der Waals surface area (Å²) in [6.45, 7) is 0.334. The van der Waals surface area contributed by atoms with Gasteiger partial charge in [0.15, 0.2) is 0 Å². The SMILES string of the molecule is COC(=O)/C=C/c1ccc(C=CCN=[N+]=[N-])cc1. The molecular weight excluding hydrogens is 230 g/mol. The Labute approximate surface area is 105 Å². The normalized spacial score (nSPS) is 10.5. The van der Waals surface area contributed by atoms with Crippen LogP contribution in [0.5, 0.6) is 0 Å². The molecule has 5 heteroatoms. The van der Waals surface area contributed by atoms with Crippen molar-refractivity contribution in [1.82, 2.24) is 0 Å². The molecule has 0 bridgehead atoms. The van der Waals surface area contributed by atoms with E-state index in [1.54, 1.807) is 12.2 Å². The monoisotopic (exact) mass is 243 g/mol. The van der Waals surface area contributed by atoms with Crippen LogP contribution in [0.2, 0.25) is 0 Å².